The minimum atomic E-state index is -1.12. The Kier molecular flexibility index (Phi) is 13.2. The van der Waals surface area contributed by atoms with Crippen LogP contribution < -0.4 is 10.6 Å². The molecule has 0 saturated carbocycles. The van der Waals surface area contributed by atoms with E-state index in [9.17, 15) is 29.1 Å². The van der Waals surface area contributed by atoms with Gasteiger partial charge in [-0.25, -0.2) is 9.59 Å². The molecule has 0 aromatic heterocycles. The first kappa shape index (κ1) is 38.4. The van der Waals surface area contributed by atoms with Crippen molar-refractivity contribution in [2.75, 3.05) is 19.7 Å². The lowest BCUT2D eigenvalue weighted by Gasteiger charge is -2.44. The molecule has 3 aromatic rings. The third-order valence-corrected chi connectivity index (χ3v) is 8.40. The van der Waals surface area contributed by atoms with E-state index >= 15 is 0 Å². The molecule has 1 saturated heterocycles. The number of nitrogens with one attached hydrogen (secondary N) is 2. The number of carbonyl (C=O) groups is 5. The van der Waals surface area contributed by atoms with Crippen molar-refractivity contribution in [1.82, 2.24) is 20.4 Å². The van der Waals surface area contributed by atoms with Crippen LogP contribution in [0.15, 0.2) is 84.9 Å². The topological polar surface area (TPSA) is 155 Å². The van der Waals surface area contributed by atoms with Crippen molar-refractivity contribution >= 4 is 29.8 Å². The fraction of sp³-hybridized carbons (Fsp3) is 0.410. The summed E-state index contributed by atoms with van der Waals surface area (Å²) in [7, 11) is 0. The Hall–Kier alpha value is -5.39. The molecule has 0 spiro atoms. The number of phenolic OH excluding ortho intramolecular Hbond substituents is 1. The van der Waals surface area contributed by atoms with Crippen molar-refractivity contribution in [3.05, 3.63) is 102 Å². The van der Waals surface area contributed by atoms with Gasteiger partial charge in [-0.3, -0.25) is 14.4 Å². The predicted molar refractivity (Wildman–Crippen MR) is 191 cm³/mol. The predicted octanol–water partition coefficient (Wildman–Crippen LogP) is 3.79. The summed E-state index contributed by atoms with van der Waals surface area (Å²) >= 11 is 0. The van der Waals surface area contributed by atoms with E-state index in [1.807, 2.05) is 60.7 Å². The number of hydrogen-bond donors (Lipinski definition) is 3. The van der Waals surface area contributed by atoms with E-state index in [1.165, 1.54) is 28.9 Å². The zero-order valence-electron chi connectivity index (χ0n) is 29.8. The molecule has 3 N–H and O–H groups in total. The summed E-state index contributed by atoms with van der Waals surface area (Å²) in [6, 6.07) is 20.8. The molecular formula is C39H48N4O8. The molecule has 1 aliphatic rings. The SMILES string of the molecule is CCOC(=O)[C@H](Cc1ccccc1)N1CCN(C(=O)[C@@H](C)NC(=O)[C@H](Cc2ccc(O)cc2)NC(=O)OC(C)(C)C)[C@@H](Cc2ccccc2)C1=O. The maximum absolute atomic E-state index is 14.4. The van der Waals surface area contributed by atoms with Gasteiger partial charge in [0.2, 0.25) is 17.7 Å². The molecule has 0 unspecified atom stereocenters. The fourth-order valence-corrected chi connectivity index (χ4v) is 5.96. The number of nitrogens with zero attached hydrogens (tertiary/aromatic N) is 2. The van der Waals surface area contributed by atoms with Crippen molar-refractivity contribution < 1.29 is 38.6 Å². The molecule has 4 atom stereocenters. The summed E-state index contributed by atoms with van der Waals surface area (Å²) in [6.45, 7) is 8.68. The molecule has 12 nitrogen and oxygen atoms in total. The van der Waals surface area contributed by atoms with Crippen molar-refractivity contribution in [3.8, 4) is 5.75 Å². The highest BCUT2D eigenvalue weighted by molar-refractivity contribution is 5.95. The number of rotatable bonds is 13. The third kappa shape index (κ3) is 11.1. The Balaban J connectivity index is 1.57. The van der Waals surface area contributed by atoms with E-state index in [2.05, 4.69) is 10.6 Å². The minimum absolute atomic E-state index is 0.0485. The molecule has 4 rings (SSSR count). The molecule has 12 heteroatoms. The van der Waals surface area contributed by atoms with Crippen LogP contribution in [-0.2, 0) is 47.9 Å². The molecule has 51 heavy (non-hydrogen) atoms. The van der Waals surface area contributed by atoms with E-state index in [0.29, 0.717) is 5.56 Å². The van der Waals surface area contributed by atoms with Crippen LogP contribution in [0.5, 0.6) is 5.75 Å². The number of esters is 1. The Morgan fingerprint density at radius 3 is 2.02 bits per heavy atom. The smallest absolute Gasteiger partial charge is 0.408 e. The van der Waals surface area contributed by atoms with E-state index < -0.39 is 59.6 Å². The first-order valence-corrected chi connectivity index (χ1v) is 17.2. The summed E-state index contributed by atoms with van der Waals surface area (Å²) in [6.07, 6.45) is -0.322. The number of ether oxygens (including phenoxy) is 2. The maximum Gasteiger partial charge on any atom is 0.408 e. The highest BCUT2D eigenvalue weighted by atomic mass is 16.6. The van der Waals surface area contributed by atoms with Gasteiger partial charge in [-0.05, 0) is 63.4 Å². The highest BCUT2D eigenvalue weighted by Gasteiger charge is 2.43. The molecule has 0 aliphatic carbocycles. The van der Waals surface area contributed by atoms with Crippen LogP contribution in [0.1, 0.15) is 51.3 Å². The van der Waals surface area contributed by atoms with Gasteiger partial charge in [0.25, 0.3) is 0 Å². The second kappa shape index (κ2) is 17.5. The monoisotopic (exact) mass is 700 g/mol. The lowest BCUT2D eigenvalue weighted by molar-refractivity contribution is -0.163. The Bertz CT molecular complexity index is 1640. The Morgan fingerprint density at radius 1 is 0.843 bits per heavy atom. The van der Waals surface area contributed by atoms with Gasteiger partial charge < -0.3 is 35.0 Å². The summed E-state index contributed by atoms with van der Waals surface area (Å²) in [5.74, 6) is -2.00. The lowest BCUT2D eigenvalue weighted by atomic mass is 9.97. The maximum atomic E-state index is 14.4. The van der Waals surface area contributed by atoms with Crippen LogP contribution in [0.25, 0.3) is 0 Å². The normalized spacial score (nSPS) is 16.4. The summed E-state index contributed by atoms with van der Waals surface area (Å²) < 4.78 is 10.8. The van der Waals surface area contributed by atoms with Gasteiger partial charge in [-0.2, -0.15) is 0 Å². The van der Waals surface area contributed by atoms with Gasteiger partial charge in [-0.1, -0.05) is 72.8 Å². The molecule has 0 bridgehead atoms. The molecule has 1 heterocycles. The van der Waals surface area contributed by atoms with Gasteiger partial charge in [-0.15, -0.1) is 0 Å². The Morgan fingerprint density at radius 2 is 1.43 bits per heavy atom. The average molecular weight is 701 g/mol. The molecule has 0 radical (unpaired) electrons. The van der Waals surface area contributed by atoms with E-state index in [0.717, 1.165) is 11.1 Å². The number of phenols is 1. The van der Waals surface area contributed by atoms with Crippen molar-refractivity contribution in [2.45, 2.75) is 83.6 Å². The van der Waals surface area contributed by atoms with Gasteiger partial charge in [0.05, 0.1) is 6.61 Å². The molecule has 1 aliphatic heterocycles. The van der Waals surface area contributed by atoms with Crippen LogP contribution in [0.2, 0.25) is 0 Å². The first-order valence-electron chi connectivity index (χ1n) is 17.2. The van der Waals surface area contributed by atoms with Gasteiger partial charge in [0.1, 0.15) is 35.5 Å². The molecular weight excluding hydrogens is 652 g/mol. The second-order valence-corrected chi connectivity index (χ2v) is 13.5. The summed E-state index contributed by atoms with van der Waals surface area (Å²) in [5.41, 5.74) is 1.51. The van der Waals surface area contributed by atoms with Crippen LogP contribution in [0.3, 0.4) is 0 Å². The molecule has 4 amide bonds. The number of alkyl carbamates (subject to hydrolysis) is 1. The van der Waals surface area contributed by atoms with E-state index in [4.69, 9.17) is 9.47 Å². The molecule has 272 valence electrons. The highest BCUT2D eigenvalue weighted by Crippen LogP contribution is 2.23. The van der Waals surface area contributed by atoms with Gasteiger partial charge in [0.15, 0.2) is 0 Å². The quantitative estimate of drug-likeness (QED) is 0.228. The number of piperazine rings is 1. The second-order valence-electron chi connectivity index (χ2n) is 13.5. The lowest BCUT2D eigenvalue weighted by Crippen LogP contribution is -2.65. The van der Waals surface area contributed by atoms with Gasteiger partial charge >= 0.3 is 12.1 Å². The van der Waals surface area contributed by atoms with Crippen molar-refractivity contribution in [1.29, 1.82) is 0 Å². The minimum Gasteiger partial charge on any atom is -0.508 e. The summed E-state index contributed by atoms with van der Waals surface area (Å²) in [5, 5.41) is 15.0. The van der Waals surface area contributed by atoms with Crippen LogP contribution in [0.4, 0.5) is 4.79 Å². The number of carbonyl (C=O) groups excluding carboxylic acids is 5. The van der Waals surface area contributed by atoms with Gasteiger partial charge in [0, 0.05) is 32.4 Å². The number of hydrogen-bond acceptors (Lipinski definition) is 8. The molecule has 1 fully saturated rings. The van der Waals surface area contributed by atoms with Crippen LogP contribution >= 0.6 is 0 Å². The van der Waals surface area contributed by atoms with E-state index in [-0.39, 0.29) is 44.7 Å². The summed E-state index contributed by atoms with van der Waals surface area (Å²) in [4.78, 5) is 71.1. The number of amides is 4. The largest absolute Gasteiger partial charge is 0.508 e. The van der Waals surface area contributed by atoms with Crippen LogP contribution in [0, 0.1) is 0 Å². The third-order valence-electron chi connectivity index (χ3n) is 8.40. The average Bonchev–Trinajstić information content (AvgIpc) is 3.08. The number of benzene rings is 3. The fourth-order valence-electron chi connectivity index (χ4n) is 5.96. The zero-order chi connectivity index (χ0) is 37.1. The zero-order valence-corrected chi connectivity index (χ0v) is 29.8. The molecule has 3 aromatic carbocycles. The Labute approximate surface area is 299 Å². The van der Waals surface area contributed by atoms with Crippen molar-refractivity contribution in [2.24, 2.45) is 0 Å². The van der Waals surface area contributed by atoms with E-state index in [1.54, 1.807) is 39.8 Å². The standard InChI is InChI=1S/C39H48N4O8/c1-6-50-37(48)33(25-28-15-11-8-12-16-28)43-22-21-42(32(36(43)47)24-27-13-9-7-10-14-27)35(46)26(2)40-34(45)31(41-38(49)51-39(3,4)5)23-29-17-19-30(44)20-18-29/h7-20,26,31-33,44H,6,21-25H2,1-5H3,(H,40,45)(H,41,49)/t26-,31+,32+,33+/m1/s1. The van der Waals surface area contributed by atoms with Crippen LogP contribution in [-0.4, -0.2) is 94.2 Å². The number of aromatic hydroxyl groups is 1. The van der Waals surface area contributed by atoms with Crippen molar-refractivity contribution in [3.63, 3.8) is 0 Å². The first-order chi connectivity index (χ1) is 24.3.